The van der Waals surface area contributed by atoms with Crippen LogP contribution in [0.25, 0.3) is 11.4 Å². The topological polar surface area (TPSA) is 88.3 Å². The van der Waals surface area contributed by atoms with E-state index in [2.05, 4.69) is 19.4 Å². The summed E-state index contributed by atoms with van der Waals surface area (Å²) in [6, 6.07) is 4.53. The van der Waals surface area contributed by atoms with Gasteiger partial charge in [0.2, 0.25) is 5.82 Å². The first-order valence-electron chi connectivity index (χ1n) is 4.76. The minimum atomic E-state index is -4.78. The van der Waals surface area contributed by atoms with E-state index >= 15 is 0 Å². The molecule has 0 aliphatic rings. The minimum Gasteiger partial charge on any atom is -0.540 e. The average molecular weight is 296 g/mol. The van der Waals surface area contributed by atoms with Gasteiger partial charge in [0.15, 0.2) is 0 Å². The zero-order valence-electron chi connectivity index (χ0n) is 9.97. The van der Waals surface area contributed by atoms with Gasteiger partial charge in [-0.15, -0.1) is 13.2 Å². The third-order valence-corrected chi connectivity index (χ3v) is 1.95. The second-order valence-electron chi connectivity index (χ2n) is 3.28. The largest absolute Gasteiger partial charge is 1.00 e. The smallest absolute Gasteiger partial charge is 0.540 e. The number of benzene rings is 1. The summed E-state index contributed by atoms with van der Waals surface area (Å²) in [5, 5.41) is 13.7. The standard InChI is InChI=1S/C10H5F3N2O4.Na/c11-10(12,13)18-6-3-1-5(2-4-6)7-14-8(9(16)17)19-15-7;/h1-4H,(H,16,17);/q;+1/p-1. The number of hydrogen-bond donors (Lipinski definition) is 0. The number of aromatic carboxylic acids is 1. The van der Waals surface area contributed by atoms with Crippen LogP contribution in [0.15, 0.2) is 28.8 Å². The van der Waals surface area contributed by atoms with E-state index in [-0.39, 0.29) is 40.9 Å². The maximum Gasteiger partial charge on any atom is 1.00 e. The fraction of sp³-hybridized carbons (Fsp3) is 0.100. The van der Waals surface area contributed by atoms with Crippen LogP contribution in [-0.2, 0) is 0 Å². The molecule has 0 aliphatic carbocycles. The van der Waals surface area contributed by atoms with E-state index in [0.717, 1.165) is 12.1 Å². The van der Waals surface area contributed by atoms with Gasteiger partial charge in [-0.05, 0) is 24.3 Å². The molecule has 1 aromatic carbocycles. The van der Waals surface area contributed by atoms with Crippen molar-refractivity contribution in [3.05, 3.63) is 30.2 Å². The molecule has 100 valence electrons. The molecule has 2 aromatic rings. The predicted octanol–water partition coefficient (Wildman–Crippen LogP) is -2.00. The van der Waals surface area contributed by atoms with Gasteiger partial charge in [0, 0.05) is 5.56 Å². The summed E-state index contributed by atoms with van der Waals surface area (Å²) >= 11 is 0. The maximum atomic E-state index is 11.9. The Bertz CT molecular complexity index is 597. The molecular weight excluding hydrogens is 292 g/mol. The van der Waals surface area contributed by atoms with Gasteiger partial charge in [-0.25, -0.2) is 0 Å². The first-order valence-corrected chi connectivity index (χ1v) is 4.76. The van der Waals surface area contributed by atoms with Gasteiger partial charge in [0.05, 0.1) is 0 Å². The Morgan fingerprint density at radius 1 is 1.25 bits per heavy atom. The zero-order valence-corrected chi connectivity index (χ0v) is 12.0. The van der Waals surface area contributed by atoms with Gasteiger partial charge >= 0.3 is 35.9 Å². The quantitative estimate of drug-likeness (QED) is 0.609. The SMILES string of the molecule is O=C([O-])c1nc(-c2ccc(OC(F)(F)F)cc2)no1.[Na+]. The second-order valence-corrected chi connectivity index (χ2v) is 3.28. The van der Waals surface area contributed by atoms with Crippen LogP contribution in [-0.4, -0.2) is 22.5 Å². The summed E-state index contributed by atoms with van der Waals surface area (Å²) in [5.74, 6) is -2.86. The molecule has 1 heterocycles. The second kappa shape index (κ2) is 6.25. The monoisotopic (exact) mass is 296 g/mol. The number of aromatic nitrogens is 2. The molecule has 2 rings (SSSR count). The summed E-state index contributed by atoms with van der Waals surface area (Å²) in [4.78, 5) is 13.9. The van der Waals surface area contributed by atoms with Crippen molar-refractivity contribution >= 4 is 5.97 Å². The number of halogens is 3. The van der Waals surface area contributed by atoms with Crippen molar-refractivity contribution in [1.29, 1.82) is 0 Å². The number of nitrogens with zero attached hydrogens (tertiary/aromatic N) is 2. The molecule has 0 amide bonds. The molecule has 20 heavy (non-hydrogen) atoms. The van der Waals surface area contributed by atoms with E-state index in [0.29, 0.717) is 0 Å². The third-order valence-electron chi connectivity index (χ3n) is 1.95. The number of hydrogen-bond acceptors (Lipinski definition) is 6. The summed E-state index contributed by atoms with van der Waals surface area (Å²) in [7, 11) is 0. The Morgan fingerprint density at radius 2 is 1.85 bits per heavy atom. The molecule has 0 saturated carbocycles. The fourth-order valence-corrected chi connectivity index (χ4v) is 1.23. The van der Waals surface area contributed by atoms with Gasteiger partial charge in [-0.3, -0.25) is 0 Å². The van der Waals surface area contributed by atoms with Gasteiger partial charge in [-0.1, -0.05) is 5.16 Å². The summed E-state index contributed by atoms with van der Waals surface area (Å²) < 4.78 is 43.8. The average Bonchev–Trinajstić information content (AvgIpc) is 2.77. The molecule has 0 fully saturated rings. The Balaban J connectivity index is 0.00000200. The van der Waals surface area contributed by atoms with Crippen LogP contribution in [0.5, 0.6) is 5.75 Å². The van der Waals surface area contributed by atoms with Crippen LogP contribution in [0.4, 0.5) is 13.2 Å². The molecule has 0 saturated heterocycles. The first-order chi connectivity index (χ1) is 8.85. The van der Waals surface area contributed by atoms with Crippen molar-refractivity contribution in [2.45, 2.75) is 6.36 Å². The summed E-state index contributed by atoms with van der Waals surface area (Å²) in [5.41, 5.74) is 0.269. The molecule has 0 bridgehead atoms. The molecule has 0 unspecified atom stereocenters. The van der Waals surface area contributed by atoms with Crippen molar-refractivity contribution < 1.29 is 61.9 Å². The Hall–Kier alpha value is -1.58. The zero-order chi connectivity index (χ0) is 14.0. The van der Waals surface area contributed by atoms with Gasteiger partial charge in [0.1, 0.15) is 11.7 Å². The molecule has 10 heteroatoms. The minimum absolute atomic E-state index is 0. The molecule has 0 atom stereocenters. The van der Waals surface area contributed by atoms with E-state index in [4.69, 9.17) is 0 Å². The van der Waals surface area contributed by atoms with Crippen LogP contribution in [0, 0.1) is 0 Å². The molecule has 6 nitrogen and oxygen atoms in total. The van der Waals surface area contributed by atoms with Gasteiger partial charge < -0.3 is 19.2 Å². The van der Waals surface area contributed by atoms with Crippen LogP contribution in [0.1, 0.15) is 10.7 Å². The maximum absolute atomic E-state index is 11.9. The number of carboxylic acid groups (broad SMARTS) is 1. The third kappa shape index (κ3) is 4.22. The van der Waals surface area contributed by atoms with E-state index in [1.807, 2.05) is 0 Å². The summed E-state index contributed by atoms with van der Waals surface area (Å²) in [6.45, 7) is 0. The number of alkyl halides is 3. The van der Waals surface area contributed by atoms with E-state index < -0.39 is 24.0 Å². The Kier molecular flexibility index (Phi) is 5.15. The van der Waals surface area contributed by atoms with Crippen LogP contribution in [0.2, 0.25) is 0 Å². The van der Waals surface area contributed by atoms with Gasteiger partial charge in [-0.2, -0.15) is 4.98 Å². The molecule has 0 radical (unpaired) electrons. The first kappa shape index (κ1) is 16.5. The molecule has 0 aliphatic heterocycles. The Morgan fingerprint density at radius 3 is 2.30 bits per heavy atom. The van der Waals surface area contributed by atoms with E-state index in [1.54, 1.807) is 0 Å². The van der Waals surface area contributed by atoms with E-state index in [9.17, 15) is 23.1 Å². The van der Waals surface area contributed by atoms with Crippen molar-refractivity contribution in [1.82, 2.24) is 10.1 Å². The number of rotatable bonds is 3. The number of ether oxygens (including phenoxy) is 1. The number of carboxylic acids is 1. The predicted molar refractivity (Wildman–Crippen MR) is 50.7 cm³/mol. The number of carbonyl (C=O) groups is 1. The van der Waals surface area contributed by atoms with Crippen LogP contribution < -0.4 is 39.4 Å². The summed E-state index contributed by atoms with van der Waals surface area (Å²) in [6.07, 6.45) is -4.78. The van der Waals surface area contributed by atoms with Gasteiger partial charge in [0.25, 0.3) is 5.89 Å². The molecule has 1 aromatic heterocycles. The molecule has 0 spiro atoms. The van der Waals surface area contributed by atoms with Crippen molar-refractivity contribution in [3.8, 4) is 17.1 Å². The van der Waals surface area contributed by atoms with Crippen LogP contribution >= 0.6 is 0 Å². The van der Waals surface area contributed by atoms with Crippen molar-refractivity contribution in [2.24, 2.45) is 0 Å². The van der Waals surface area contributed by atoms with Crippen LogP contribution in [0.3, 0.4) is 0 Å². The van der Waals surface area contributed by atoms with E-state index in [1.165, 1.54) is 12.1 Å². The fourth-order valence-electron chi connectivity index (χ4n) is 1.23. The molecule has 0 N–H and O–H groups in total. The molecular formula is C10H4F3N2NaO4. The van der Waals surface area contributed by atoms with Crippen molar-refractivity contribution in [2.75, 3.05) is 0 Å². The Labute approximate surface area is 131 Å². The number of carbonyl (C=O) groups excluding carboxylic acids is 1. The normalized spacial score (nSPS) is 10.8. The van der Waals surface area contributed by atoms with Crippen molar-refractivity contribution in [3.63, 3.8) is 0 Å².